The molecule has 0 bridgehead atoms. The molecule has 0 radical (unpaired) electrons. The van der Waals surface area contributed by atoms with Gasteiger partial charge in [-0.15, -0.1) is 13.2 Å². The van der Waals surface area contributed by atoms with Gasteiger partial charge in [-0.2, -0.15) is 15.4 Å². The first kappa shape index (κ1) is 13.1. The largest absolute Gasteiger partial charge is 0.573 e. The van der Waals surface area contributed by atoms with Crippen molar-refractivity contribution in [3.05, 3.63) is 41.7 Å². The second kappa shape index (κ2) is 5.09. The van der Waals surface area contributed by atoms with Gasteiger partial charge in [0.1, 0.15) is 11.4 Å². The number of alkyl halides is 3. The molecule has 0 fully saturated rings. The van der Waals surface area contributed by atoms with Crippen LogP contribution in [0.25, 0.3) is 0 Å². The number of carbonyl (C=O) groups is 1. The minimum Gasteiger partial charge on any atom is -0.406 e. The van der Waals surface area contributed by atoms with E-state index in [0.29, 0.717) is 5.56 Å². The molecule has 5 nitrogen and oxygen atoms in total. The van der Waals surface area contributed by atoms with Crippen molar-refractivity contribution >= 4 is 5.78 Å². The van der Waals surface area contributed by atoms with Crippen LogP contribution in [0, 0.1) is 0 Å². The lowest BCUT2D eigenvalue weighted by Crippen LogP contribution is -2.17. The van der Waals surface area contributed by atoms with Gasteiger partial charge in [0.05, 0.1) is 6.20 Å². The lowest BCUT2D eigenvalue weighted by atomic mass is 10.1. The molecule has 1 heterocycles. The molecule has 0 unspecified atom stereocenters. The van der Waals surface area contributed by atoms with Gasteiger partial charge in [-0.3, -0.25) is 4.79 Å². The van der Waals surface area contributed by atoms with Gasteiger partial charge in [0, 0.05) is 6.42 Å². The van der Waals surface area contributed by atoms with Crippen LogP contribution in [-0.4, -0.2) is 27.6 Å². The highest BCUT2D eigenvalue weighted by Crippen LogP contribution is 2.22. The minimum absolute atomic E-state index is 0.0266. The third kappa shape index (κ3) is 3.80. The summed E-state index contributed by atoms with van der Waals surface area (Å²) in [5.41, 5.74) is 0.734. The standard InChI is InChI=1S/C11H8F3N3O2/c12-11(13,14)19-8-3-1-7(2-4-8)5-10(18)9-6-15-17-16-9/h1-4,6H,5H2,(H,15,16,17). The summed E-state index contributed by atoms with van der Waals surface area (Å²) in [6.45, 7) is 0. The Balaban J connectivity index is 2.01. The van der Waals surface area contributed by atoms with Crippen molar-refractivity contribution < 1.29 is 22.7 Å². The van der Waals surface area contributed by atoms with Gasteiger partial charge in [-0.25, -0.2) is 0 Å². The molecule has 0 aliphatic heterocycles. The monoisotopic (exact) mass is 271 g/mol. The molecule has 1 aromatic carbocycles. The van der Waals surface area contributed by atoms with Crippen molar-refractivity contribution in [2.45, 2.75) is 12.8 Å². The number of Topliss-reactive ketones (excluding diaryl/α,β-unsaturated/α-hetero) is 1. The van der Waals surface area contributed by atoms with Gasteiger partial charge < -0.3 is 4.74 Å². The molecule has 0 saturated carbocycles. The predicted molar refractivity (Wildman–Crippen MR) is 57.5 cm³/mol. The van der Waals surface area contributed by atoms with Gasteiger partial charge in [0.15, 0.2) is 5.78 Å². The first-order chi connectivity index (χ1) is 8.94. The fraction of sp³-hybridized carbons (Fsp3) is 0.182. The summed E-state index contributed by atoms with van der Waals surface area (Å²) in [7, 11) is 0. The summed E-state index contributed by atoms with van der Waals surface area (Å²) in [6, 6.07) is 5.08. The Bertz CT molecular complexity index is 550. The van der Waals surface area contributed by atoms with E-state index >= 15 is 0 Å². The smallest absolute Gasteiger partial charge is 0.406 e. The Kier molecular flexibility index (Phi) is 3.50. The molecule has 19 heavy (non-hydrogen) atoms. The molecule has 0 atom stereocenters. The molecule has 0 spiro atoms. The van der Waals surface area contributed by atoms with Gasteiger partial charge in [-0.05, 0) is 17.7 Å². The van der Waals surface area contributed by atoms with E-state index < -0.39 is 6.36 Å². The minimum atomic E-state index is -4.72. The van der Waals surface area contributed by atoms with Gasteiger partial charge >= 0.3 is 6.36 Å². The number of nitrogens with zero attached hydrogens (tertiary/aromatic N) is 2. The summed E-state index contributed by atoms with van der Waals surface area (Å²) >= 11 is 0. The van der Waals surface area contributed by atoms with E-state index in [0.717, 1.165) is 12.1 Å². The zero-order chi connectivity index (χ0) is 13.9. The molecule has 8 heteroatoms. The molecule has 100 valence electrons. The van der Waals surface area contributed by atoms with E-state index in [-0.39, 0.29) is 23.6 Å². The highest BCUT2D eigenvalue weighted by molar-refractivity contribution is 5.95. The number of hydrogen-bond donors (Lipinski definition) is 1. The van der Waals surface area contributed by atoms with Crippen LogP contribution in [-0.2, 0) is 6.42 Å². The molecular weight excluding hydrogens is 263 g/mol. The Morgan fingerprint density at radius 3 is 2.47 bits per heavy atom. The average molecular weight is 271 g/mol. The van der Waals surface area contributed by atoms with Crippen LogP contribution in [0.1, 0.15) is 16.1 Å². The number of H-pyrrole nitrogens is 1. The quantitative estimate of drug-likeness (QED) is 0.865. The number of benzene rings is 1. The topological polar surface area (TPSA) is 67.9 Å². The molecule has 1 aromatic heterocycles. The highest BCUT2D eigenvalue weighted by Gasteiger charge is 2.30. The number of ketones is 1. The van der Waals surface area contributed by atoms with Crippen molar-refractivity contribution in [2.24, 2.45) is 0 Å². The summed E-state index contributed by atoms with van der Waals surface area (Å²) < 4.78 is 39.6. The number of halogens is 3. The van der Waals surface area contributed by atoms with Crippen molar-refractivity contribution in [3.63, 3.8) is 0 Å². The van der Waals surface area contributed by atoms with Gasteiger partial charge in [-0.1, -0.05) is 12.1 Å². The first-order valence-corrected chi connectivity index (χ1v) is 5.18. The third-order valence-corrected chi connectivity index (χ3v) is 2.22. The fourth-order valence-electron chi connectivity index (χ4n) is 1.42. The van der Waals surface area contributed by atoms with E-state index in [1.165, 1.54) is 18.3 Å². The number of aromatic nitrogens is 3. The van der Waals surface area contributed by atoms with Crippen molar-refractivity contribution in [1.29, 1.82) is 0 Å². The lowest BCUT2D eigenvalue weighted by molar-refractivity contribution is -0.274. The molecule has 0 aliphatic rings. The Morgan fingerprint density at radius 2 is 1.95 bits per heavy atom. The fourth-order valence-corrected chi connectivity index (χ4v) is 1.42. The van der Waals surface area contributed by atoms with Crippen molar-refractivity contribution in [3.8, 4) is 5.75 Å². The van der Waals surface area contributed by atoms with E-state index in [1.807, 2.05) is 0 Å². The average Bonchev–Trinajstić information content (AvgIpc) is 2.83. The summed E-state index contributed by atoms with van der Waals surface area (Å²) in [4.78, 5) is 11.7. The maximum atomic E-state index is 11.9. The van der Waals surface area contributed by atoms with E-state index in [4.69, 9.17) is 0 Å². The number of carbonyl (C=O) groups excluding carboxylic acids is 1. The molecule has 0 amide bonds. The van der Waals surface area contributed by atoms with Crippen LogP contribution < -0.4 is 4.74 Å². The Labute approximate surface area is 105 Å². The van der Waals surface area contributed by atoms with Gasteiger partial charge in [0.25, 0.3) is 0 Å². The summed E-state index contributed by atoms with van der Waals surface area (Å²) in [6.07, 6.45) is -3.42. The maximum absolute atomic E-state index is 11.9. The lowest BCUT2D eigenvalue weighted by Gasteiger charge is -2.08. The van der Waals surface area contributed by atoms with E-state index in [2.05, 4.69) is 20.1 Å². The number of hydrogen-bond acceptors (Lipinski definition) is 4. The van der Waals surface area contributed by atoms with Crippen LogP contribution >= 0.6 is 0 Å². The van der Waals surface area contributed by atoms with Gasteiger partial charge in [0.2, 0.25) is 0 Å². The van der Waals surface area contributed by atoms with Crippen LogP contribution in [0.5, 0.6) is 5.75 Å². The summed E-state index contributed by atoms with van der Waals surface area (Å²) in [5, 5.41) is 9.42. The zero-order valence-corrected chi connectivity index (χ0v) is 9.44. The second-order valence-corrected chi connectivity index (χ2v) is 3.65. The zero-order valence-electron chi connectivity index (χ0n) is 9.44. The molecule has 0 aliphatic carbocycles. The third-order valence-electron chi connectivity index (χ3n) is 2.22. The Hall–Kier alpha value is -2.38. The molecule has 2 aromatic rings. The van der Waals surface area contributed by atoms with Crippen molar-refractivity contribution in [2.75, 3.05) is 0 Å². The Morgan fingerprint density at radius 1 is 1.26 bits per heavy atom. The normalized spacial score (nSPS) is 11.3. The number of aromatic amines is 1. The second-order valence-electron chi connectivity index (χ2n) is 3.65. The molecule has 0 saturated heterocycles. The van der Waals surface area contributed by atoms with Crippen LogP contribution in [0.4, 0.5) is 13.2 Å². The van der Waals surface area contributed by atoms with Crippen LogP contribution in [0.3, 0.4) is 0 Å². The maximum Gasteiger partial charge on any atom is 0.573 e. The number of nitrogens with one attached hydrogen (secondary N) is 1. The van der Waals surface area contributed by atoms with E-state index in [9.17, 15) is 18.0 Å². The highest BCUT2D eigenvalue weighted by atomic mass is 19.4. The molecular formula is C11H8F3N3O2. The SMILES string of the molecule is O=C(Cc1ccc(OC(F)(F)F)cc1)c1cn[nH]n1. The number of ether oxygens (including phenoxy) is 1. The van der Waals surface area contributed by atoms with Crippen LogP contribution in [0.15, 0.2) is 30.5 Å². The van der Waals surface area contributed by atoms with E-state index in [1.54, 1.807) is 0 Å². The summed E-state index contributed by atoms with van der Waals surface area (Å²) in [5.74, 6) is -0.608. The number of rotatable bonds is 4. The van der Waals surface area contributed by atoms with Crippen molar-refractivity contribution in [1.82, 2.24) is 15.4 Å². The molecule has 2 rings (SSSR count). The predicted octanol–water partition coefficient (Wildman–Crippen LogP) is 2.13. The van der Waals surface area contributed by atoms with Crippen LogP contribution in [0.2, 0.25) is 0 Å². The molecule has 1 N–H and O–H groups in total. The first-order valence-electron chi connectivity index (χ1n) is 5.18.